The molecule has 0 saturated heterocycles. The number of anilines is 1. The molecule has 0 saturated carbocycles. The maximum Gasteiger partial charge on any atom is 0.224 e. The molecule has 3 nitrogen and oxygen atoms in total. The first-order chi connectivity index (χ1) is 7.22. The third kappa shape index (κ3) is 4.49. The van der Waals surface area contributed by atoms with Crippen LogP contribution >= 0.6 is 0 Å². The fourth-order valence-electron chi connectivity index (χ4n) is 1.30. The highest BCUT2D eigenvalue weighted by Gasteiger charge is 2.01. The minimum Gasteiger partial charge on any atom is -0.508 e. The quantitative estimate of drug-likeness (QED) is 0.576. The van der Waals surface area contributed by atoms with E-state index in [0.29, 0.717) is 6.42 Å². The third-order valence-corrected chi connectivity index (χ3v) is 2.16. The standard InChI is InChI=1S/C12H17NO2/c1-2-3-4-5-12(15)13-10-6-8-11(14)9-7-10/h6-9,14H,2-5H2,1H3,(H,13,15). The summed E-state index contributed by atoms with van der Waals surface area (Å²) in [5, 5.41) is 11.8. The van der Waals surface area contributed by atoms with Crippen molar-refractivity contribution >= 4 is 11.6 Å². The lowest BCUT2D eigenvalue weighted by Gasteiger charge is -2.04. The Labute approximate surface area is 90.1 Å². The topological polar surface area (TPSA) is 49.3 Å². The van der Waals surface area contributed by atoms with Crippen LogP contribution in [0.2, 0.25) is 0 Å². The second-order valence-electron chi connectivity index (χ2n) is 3.55. The molecule has 1 rings (SSSR count). The van der Waals surface area contributed by atoms with Gasteiger partial charge in [0.1, 0.15) is 5.75 Å². The van der Waals surface area contributed by atoms with Gasteiger partial charge in [0.25, 0.3) is 0 Å². The van der Waals surface area contributed by atoms with Gasteiger partial charge in [0, 0.05) is 12.1 Å². The molecule has 0 aromatic heterocycles. The summed E-state index contributed by atoms with van der Waals surface area (Å²) in [7, 11) is 0. The van der Waals surface area contributed by atoms with Crippen molar-refractivity contribution in [1.82, 2.24) is 0 Å². The fourth-order valence-corrected chi connectivity index (χ4v) is 1.30. The van der Waals surface area contributed by atoms with Crippen LogP contribution in [0, 0.1) is 0 Å². The molecule has 0 aliphatic heterocycles. The molecule has 3 heteroatoms. The van der Waals surface area contributed by atoms with E-state index in [9.17, 15) is 4.79 Å². The molecule has 0 radical (unpaired) electrons. The summed E-state index contributed by atoms with van der Waals surface area (Å²) in [4.78, 5) is 11.4. The highest BCUT2D eigenvalue weighted by molar-refractivity contribution is 5.90. The van der Waals surface area contributed by atoms with Crippen LogP contribution in [0.4, 0.5) is 5.69 Å². The van der Waals surface area contributed by atoms with Crippen molar-refractivity contribution in [2.24, 2.45) is 0 Å². The number of amides is 1. The molecular weight excluding hydrogens is 190 g/mol. The number of unbranched alkanes of at least 4 members (excludes halogenated alkanes) is 2. The van der Waals surface area contributed by atoms with Crippen molar-refractivity contribution in [3.8, 4) is 5.75 Å². The van der Waals surface area contributed by atoms with E-state index in [4.69, 9.17) is 5.11 Å². The second kappa shape index (κ2) is 6.06. The Kier molecular flexibility index (Phi) is 4.68. The molecule has 0 unspecified atom stereocenters. The van der Waals surface area contributed by atoms with Gasteiger partial charge in [-0.05, 0) is 30.7 Å². The first kappa shape index (κ1) is 11.6. The predicted octanol–water partition coefficient (Wildman–Crippen LogP) is 2.91. The number of nitrogens with one attached hydrogen (secondary N) is 1. The molecule has 0 spiro atoms. The van der Waals surface area contributed by atoms with Crippen molar-refractivity contribution in [1.29, 1.82) is 0 Å². The van der Waals surface area contributed by atoms with Gasteiger partial charge < -0.3 is 10.4 Å². The van der Waals surface area contributed by atoms with Gasteiger partial charge in [-0.2, -0.15) is 0 Å². The molecule has 1 aromatic rings. The van der Waals surface area contributed by atoms with Crippen LogP contribution in [0.15, 0.2) is 24.3 Å². The molecular formula is C12H17NO2. The van der Waals surface area contributed by atoms with Crippen LogP contribution < -0.4 is 5.32 Å². The molecule has 0 heterocycles. The molecule has 0 atom stereocenters. The summed E-state index contributed by atoms with van der Waals surface area (Å²) in [6.07, 6.45) is 3.70. The summed E-state index contributed by atoms with van der Waals surface area (Å²) in [6, 6.07) is 6.49. The van der Waals surface area contributed by atoms with Gasteiger partial charge in [-0.25, -0.2) is 0 Å². The minimum absolute atomic E-state index is 0.0362. The largest absolute Gasteiger partial charge is 0.508 e. The summed E-state index contributed by atoms with van der Waals surface area (Å²) in [5.74, 6) is 0.244. The Morgan fingerprint density at radius 2 is 1.93 bits per heavy atom. The Morgan fingerprint density at radius 1 is 1.27 bits per heavy atom. The summed E-state index contributed by atoms with van der Waals surface area (Å²) in [6.45, 7) is 2.11. The summed E-state index contributed by atoms with van der Waals surface area (Å²) < 4.78 is 0. The minimum atomic E-state index is 0.0362. The van der Waals surface area contributed by atoms with Gasteiger partial charge in [-0.1, -0.05) is 19.8 Å². The Morgan fingerprint density at radius 3 is 2.53 bits per heavy atom. The fraction of sp³-hybridized carbons (Fsp3) is 0.417. The van der Waals surface area contributed by atoms with Crippen molar-refractivity contribution in [3.05, 3.63) is 24.3 Å². The van der Waals surface area contributed by atoms with Gasteiger partial charge in [0.05, 0.1) is 0 Å². The molecule has 15 heavy (non-hydrogen) atoms. The van der Waals surface area contributed by atoms with Gasteiger partial charge in [0.2, 0.25) is 5.91 Å². The van der Waals surface area contributed by atoms with Gasteiger partial charge >= 0.3 is 0 Å². The molecule has 0 aliphatic rings. The normalized spacial score (nSPS) is 9.93. The molecule has 82 valence electrons. The Bertz CT molecular complexity index is 306. The second-order valence-corrected chi connectivity index (χ2v) is 3.55. The van der Waals surface area contributed by atoms with Crippen molar-refractivity contribution < 1.29 is 9.90 Å². The SMILES string of the molecule is CCCCCC(=O)Nc1ccc(O)cc1. The van der Waals surface area contributed by atoms with E-state index in [-0.39, 0.29) is 11.7 Å². The van der Waals surface area contributed by atoms with Crippen LogP contribution in [-0.2, 0) is 4.79 Å². The first-order valence-corrected chi connectivity index (χ1v) is 5.31. The number of phenolic OH excluding ortho intramolecular Hbond substituents is 1. The Hall–Kier alpha value is -1.51. The first-order valence-electron chi connectivity index (χ1n) is 5.31. The van der Waals surface area contributed by atoms with E-state index >= 15 is 0 Å². The van der Waals surface area contributed by atoms with E-state index in [1.165, 1.54) is 0 Å². The van der Waals surface area contributed by atoms with Crippen LogP contribution in [0.3, 0.4) is 0 Å². The third-order valence-electron chi connectivity index (χ3n) is 2.16. The maximum atomic E-state index is 11.4. The average molecular weight is 207 g/mol. The number of carbonyl (C=O) groups excluding carboxylic acids is 1. The van der Waals surface area contributed by atoms with E-state index < -0.39 is 0 Å². The zero-order chi connectivity index (χ0) is 11.1. The molecule has 1 amide bonds. The lowest BCUT2D eigenvalue weighted by molar-refractivity contribution is -0.116. The number of benzene rings is 1. The maximum absolute atomic E-state index is 11.4. The van der Waals surface area contributed by atoms with Crippen LogP contribution in [0.5, 0.6) is 5.75 Å². The van der Waals surface area contributed by atoms with Crippen molar-refractivity contribution in [2.75, 3.05) is 5.32 Å². The molecule has 0 fully saturated rings. The van der Waals surface area contributed by atoms with E-state index in [1.54, 1.807) is 24.3 Å². The highest BCUT2D eigenvalue weighted by atomic mass is 16.3. The van der Waals surface area contributed by atoms with E-state index in [2.05, 4.69) is 12.2 Å². The van der Waals surface area contributed by atoms with Crippen molar-refractivity contribution in [3.63, 3.8) is 0 Å². The molecule has 1 aromatic carbocycles. The summed E-state index contributed by atoms with van der Waals surface area (Å²) >= 11 is 0. The number of hydrogen-bond donors (Lipinski definition) is 2. The van der Waals surface area contributed by atoms with Crippen LogP contribution in [-0.4, -0.2) is 11.0 Å². The van der Waals surface area contributed by atoms with Crippen LogP contribution in [0.25, 0.3) is 0 Å². The monoisotopic (exact) mass is 207 g/mol. The number of aromatic hydroxyl groups is 1. The molecule has 0 aliphatic carbocycles. The zero-order valence-corrected chi connectivity index (χ0v) is 8.99. The molecule has 0 bridgehead atoms. The zero-order valence-electron chi connectivity index (χ0n) is 8.99. The van der Waals surface area contributed by atoms with E-state index in [0.717, 1.165) is 24.9 Å². The predicted molar refractivity (Wildman–Crippen MR) is 60.9 cm³/mol. The number of rotatable bonds is 5. The highest BCUT2D eigenvalue weighted by Crippen LogP contribution is 2.14. The van der Waals surface area contributed by atoms with Crippen LogP contribution in [0.1, 0.15) is 32.6 Å². The van der Waals surface area contributed by atoms with E-state index in [1.807, 2.05) is 0 Å². The number of carbonyl (C=O) groups is 1. The number of hydrogen-bond acceptors (Lipinski definition) is 2. The lowest BCUT2D eigenvalue weighted by atomic mass is 10.2. The summed E-state index contributed by atoms with van der Waals surface area (Å²) in [5.41, 5.74) is 0.731. The molecule has 2 N–H and O–H groups in total. The van der Waals surface area contributed by atoms with Gasteiger partial charge in [-0.3, -0.25) is 4.79 Å². The average Bonchev–Trinajstić information content (AvgIpc) is 2.22. The lowest BCUT2D eigenvalue weighted by Crippen LogP contribution is -2.10. The van der Waals surface area contributed by atoms with Gasteiger partial charge in [0.15, 0.2) is 0 Å². The Balaban J connectivity index is 2.34. The number of phenols is 1. The van der Waals surface area contributed by atoms with Crippen molar-refractivity contribution in [2.45, 2.75) is 32.6 Å². The smallest absolute Gasteiger partial charge is 0.224 e. The van der Waals surface area contributed by atoms with Gasteiger partial charge in [-0.15, -0.1) is 0 Å².